The fourth-order valence-electron chi connectivity index (χ4n) is 3.10. The Bertz CT molecular complexity index is 1450. The fourth-order valence-corrected chi connectivity index (χ4v) is 5.67. The van der Waals surface area contributed by atoms with E-state index in [1.165, 1.54) is 46.6 Å². The van der Waals surface area contributed by atoms with Crippen LogP contribution < -0.4 is 10.0 Å². The van der Waals surface area contributed by atoms with Crippen molar-refractivity contribution in [1.29, 1.82) is 5.26 Å². The minimum absolute atomic E-state index is 0.116. The zero-order valence-corrected chi connectivity index (χ0v) is 20.2. The lowest BCUT2D eigenvalue weighted by atomic mass is 10.0. The number of hydrogen-bond donors (Lipinski definition) is 2. The maximum atomic E-state index is 12.4. The van der Waals surface area contributed by atoms with Crippen molar-refractivity contribution in [2.45, 2.75) is 18.7 Å². The summed E-state index contributed by atoms with van der Waals surface area (Å²) in [6, 6.07) is 14.6. The summed E-state index contributed by atoms with van der Waals surface area (Å²) in [5.41, 5.74) is 5.21. The Morgan fingerprint density at radius 2 is 1.91 bits per heavy atom. The van der Waals surface area contributed by atoms with Crippen molar-refractivity contribution in [2.75, 3.05) is 10.0 Å². The van der Waals surface area contributed by atoms with Crippen LogP contribution in [0.5, 0.6) is 0 Å². The second-order valence-electron chi connectivity index (χ2n) is 7.14. The number of nitriles is 1. The van der Waals surface area contributed by atoms with Gasteiger partial charge in [-0.3, -0.25) is 4.72 Å². The number of nitrogens with zero attached hydrogens (tertiary/aromatic N) is 3. The zero-order chi connectivity index (χ0) is 23.4. The van der Waals surface area contributed by atoms with Crippen LogP contribution in [0.2, 0.25) is 0 Å². The van der Waals surface area contributed by atoms with Gasteiger partial charge in [-0.25, -0.2) is 18.4 Å². The van der Waals surface area contributed by atoms with Gasteiger partial charge in [0, 0.05) is 34.4 Å². The lowest BCUT2D eigenvalue weighted by Gasteiger charge is -2.07. The van der Waals surface area contributed by atoms with Crippen molar-refractivity contribution < 1.29 is 8.42 Å². The summed E-state index contributed by atoms with van der Waals surface area (Å²) in [6.07, 6.45) is 3.10. The quantitative estimate of drug-likeness (QED) is 0.322. The number of aromatic nitrogens is 2. The van der Waals surface area contributed by atoms with E-state index in [1.807, 2.05) is 31.4 Å². The molecule has 10 heteroatoms. The molecule has 2 aromatic heterocycles. The molecule has 0 saturated carbocycles. The predicted molar refractivity (Wildman–Crippen MR) is 134 cm³/mol. The van der Waals surface area contributed by atoms with Crippen LogP contribution in [-0.4, -0.2) is 18.4 Å². The van der Waals surface area contributed by atoms with Crippen molar-refractivity contribution in [1.82, 2.24) is 9.97 Å². The van der Waals surface area contributed by atoms with Crippen molar-refractivity contribution >= 4 is 49.1 Å². The van der Waals surface area contributed by atoms with Crippen molar-refractivity contribution in [3.63, 3.8) is 0 Å². The SMILES string of the molecule is Cc1ccc(-c2csc(/C(C#N)=C\Nc3ccc(S(=O)(=O)Nc4nccs4)cc3)n2)c(C)c1. The molecule has 0 bridgehead atoms. The Labute approximate surface area is 200 Å². The molecule has 2 N–H and O–H groups in total. The Hall–Kier alpha value is -3.52. The average molecular weight is 494 g/mol. The van der Waals surface area contributed by atoms with Gasteiger partial charge in [-0.1, -0.05) is 23.8 Å². The fraction of sp³-hybridized carbons (Fsp3) is 0.0870. The first kappa shape index (κ1) is 22.7. The van der Waals surface area contributed by atoms with E-state index in [0.29, 0.717) is 21.4 Å². The molecule has 2 aromatic carbocycles. The normalized spacial score (nSPS) is 11.7. The van der Waals surface area contributed by atoms with Gasteiger partial charge in [-0.2, -0.15) is 5.26 Å². The summed E-state index contributed by atoms with van der Waals surface area (Å²) >= 11 is 2.60. The zero-order valence-electron chi connectivity index (χ0n) is 17.7. The third kappa shape index (κ3) is 5.28. The van der Waals surface area contributed by atoms with Crippen LogP contribution in [0, 0.1) is 25.2 Å². The van der Waals surface area contributed by atoms with Crippen LogP contribution in [0.1, 0.15) is 16.1 Å². The summed E-state index contributed by atoms with van der Waals surface area (Å²) in [5.74, 6) is 0. The monoisotopic (exact) mass is 493 g/mol. The third-order valence-electron chi connectivity index (χ3n) is 4.71. The summed E-state index contributed by atoms with van der Waals surface area (Å²) in [6.45, 7) is 4.09. The smallest absolute Gasteiger partial charge is 0.263 e. The molecular weight excluding hydrogens is 474 g/mol. The molecule has 0 amide bonds. The average Bonchev–Trinajstić information content (AvgIpc) is 3.47. The van der Waals surface area contributed by atoms with Crippen LogP contribution >= 0.6 is 22.7 Å². The Morgan fingerprint density at radius 3 is 2.58 bits per heavy atom. The van der Waals surface area contributed by atoms with E-state index in [-0.39, 0.29) is 4.90 Å². The van der Waals surface area contributed by atoms with E-state index in [4.69, 9.17) is 0 Å². The minimum atomic E-state index is -3.71. The molecular formula is C23H19N5O2S3. The van der Waals surface area contributed by atoms with E-state index >= 15 is 0 Å². The highest BCUT2D eigenvalue weighted by molar-refractivity contribution is 7.93. The van der Waals surface area contributed by atoms with Gasteiger partial charge >= 0.3 is 0 Å². The van der Waals surface area contributed by atoms with E-state index in [1.54, 1.807) is 23.7 Å². The molecule has 0 fully saturated rings. The van der Waals surface area contributed by atoms with E-state index in [9.17, 15) is 13.7 Å². The number of benzene rings is 2. The Morgan fingerprint density at radius 1 is 1.12 bits per heavy atom. The highest BCUT2D eigenvalue weighted by Crippen LogP contribution is 2.29. The molecule has 0 aliphatic rings. The molecule has 166 valence electrons. The molecule has 0 radical (unpaired) electrons. The van der Waals surface area contributed by atoms with Gasteiger partial charge in [0.15, 0.2) is 5.13 Å². The first-order valence-electron chi connectivity index (χ1n) is 9.78. The number of rotatable bonds is 7. The molecule has 0 aliphatic carbocycles. The van der Waals surface area contributed by atoms with Gasteiger partial charge in [0.2, 0.25) is 0 Å². The molecule has 7 nitrogen and oxygen atoms in total. The van der Waals surface area contributed by atoms with Crippen molar-refractivity contribution in [3.05, 3.63) is 81.8 Å². The molecule has 0 aliphatic heterocycles. The highest BCUT2D eigenvalue weighted by Gasteiger charge is 2.15. The summed E-state index contributed by atoms with van der Waals surface area (Å²) < 4.78 is 27.3. The van der Waals surface area contributed by atoms with Crippen LogP contribution in [0.25, 0.3) is 16.8 Å². The largest absolute Gasteiger partial charge is 0.360 e. The van der Waals surface area contributed by atoms with Gasteiger partial charge in [0.1, 0.15) is 16.6 Å². The van der Waals surface area contributed by atoms with Gasteiger partial charge in [0.05, 0.1) is 10.6 Å². The summed E-state index contributed by atoms with van der Waals surface area (Å²) in [7, 11) is -3.71. The van der Waals surface area contributed by atoms with E-state index in [2.05, 4.69) is 32.1 Å². The van der Waals surface area contributed by atoms with Crippen LogP contribution in [0.15, 0.2) is 70.5 Å². The Kier molecular flexibility index (Phi) is 6.55. The molecule has 0 atom stereocenters. The predicted octanol–water partition coefficient (Wildman–Crippen LogP) is 5.66. The number of hydrogen-bond acceptors (Lipinski definition) is 8. The second-order valence-corrected chi connectivity index (χ2v) is 10.6. The van der Waals surface area contributed by atoms with Crippen LogP contribution in [0.3, 0.4) is 0 Å². The first-order chi connectivity index (χ1) is 15.9. The van der Waals surface area contributed by atoms with Crippen molar-refractivity contribution in [2.24, 2.45) is 0 Å². The number of aryl methyl sites for hydroxylation is 2. The lowest BCUT2D eigenvalue weighted by Crippen LogP contribution is -2.12. The molecule has 4 aromatic rings. The third-order valence-corrected chi connectivity index (χ3v) is 7.76. The molecule has 0 unspecified atom stereocenters. The molecule has 2 heterocycles. The summed E-state index contributed by atoms with van der Waals surface area (Å²) in [4.78, 5) is 8.68. The lowest BCUT2D eigenvalue weighted by molar-refractivity contribution is 0.601. The van der Waals surface area contributed by atoms with Crippen molar-refractivity contribution in [3.8, 4) is 17.3 Å². The molecule has 4 rings (SSSR count). The van der Waals surface area contributed by atoms with Gasteiger partial charge in [-0.05, 0) is 43.7 Å². The molecule has 33 heavy (non-hydrogen) atoms. The summed E-state index contributed by atoms with van der Waals surface area (Å²) in [5, 5.41) is 17.2. The van der Waals surface area contributed by atoms with Gasteiger partial charge < -0.3 is 5.32 Å². The maximum absolute atomic E-state index is 12.4. The number of nitrogens with one attached hydrogen (secondary N) is 2. The molecule has 0 saturated heterocycles. The second kappa shape index (κ2) is 9.54. The van der Waals surface area contributed by atoms with Gasteiger partial charge in [-0.15, -0.1) is 22.7 Å². The number of allylic oxidation sites excluding steroid dienone is 1. The minimum Gasteiger partial charge on any atom is -0.360 e. The number of thiazole rings is 2. The number of sulfonamides is 1. The van der Waals surface area contributed by atoms with E-state index < -0.39 is 10.0 Å². The first-order valence-corrected chi connectivity index (χ1v) is 13.0. The standard InChI is InChI=1S/C23H19N5O2S3/c1-15-3-8-20(16(2)11-15)21-14-32-22(27-21)17(12-24)13-26-18-4-6-19(7-5-18)33(29,30)28-23-25-9-10-31-23/h3-11,13-14,26H,1-2H3,(H,25,28)/b17-13-. The molecule has 0 spiro atoms. The maximum Gasteiger partial charge on any atom is 0.263 e. The topological polar surface area (TPSA) is 108 Å². The van der Waals surface area contributed by atoms with Crippen LogP contribution in [0.4, 0.5) is 10.8 Å². The van der Waals surface area contributed by atoms with Gasteiger partial charge in [0.25, 0.3) is 10.0 Å². The Balaban J connectivity index is 1.49. The van der Waals surface area contributed by atoms with Crippen LogP contribution in [-0.2, 0) is 10.0 Å². The number of anilines is 2. The van der Waals surface area contributed by atoms with E-state index in [0.717, 1.165) is 16.8 Å². The highest BCUT2D eigenvalue weighted by atomic mass is 32.2.